The van der Waals surface area contributed by atoms with Gasteiger partial charge in [-0.1, -0.05) is 29.8 Å². The summed E-state index contributed by atoms with van der Waals surface area (Å²) < 4.78 is 6.00. The molecule has 0 saturated carbocycles. The third-order valence-electron chi connectivity index (χ3n) is 5.04. The number of para-hydroxylation sites is 1. The molecule has 0 radical (unpaired) electrons. The van der Waals surface area contributed by atoms with Gasteiger partial charge in [-0.15, -0.1) is 0 Å². The first kappa shape index (κ1) is 18.7. The summed E-state index contributed by atoms with van der Waals surface area (Å²) in [6.45, 7) is 6.34. The van der Waals surface area contributed by atoms with Crippen molar-refractivity contribution in [2.45, 2.75) is 20.8 Å². The Labute approximate surface area is 169 Å². The Bertz CT molecular complexity index is 1120. The molecule has 0 saturated heterocycles. The molecule has 146 valence electrons. The molecule has 3 aromatic carbocycles. The van der Waals surface area contributed by atoms with Crippen LogP contribution in [-0.4, -0.2) is 18.4 Å². The van der Waals surface area contributed by atoms with Crippen LogP contribution in [0.4, 0.5) is 11.4 Å². The number of aryl methyl sites for hydroxylation is 2. The lowest BCUT2D eigenvalue weighted by Crippen LogP contribution is -2.30. The zero-order valence-electron chi connectivity index (χ0n) is 16.7. The summed E-state index contributed by atoms with van der Waals surface area (Å²) in [6.07, 6.45) is 0. The highest BCUT2D eigenvalue weighted by atomic mass is 16.5. The molecule has 1 aliphatic heterocycles. The molecule has 0 unspecified atom stereocenters. The molecule has 0 bridgehead atoms. The van der Waals surface area contributed by atoms with Gasteiger partial charge in [0.15, 0.2) is 5.75 Å². The molecule has 3 aromatic rings. The largest absolute Gasteiger partial charge is 0.454 e. The van der Waals surface area contributed by atoms with Crippen LogP contribution in [0.5, 0.6) is 11.5 Å². The second-order valence-corrected chi connectivity index (χ2v) is 7.10. The van der Waals surface area contributed by atoms with Gasteiger partial charge in [-0.25, -0.2) is 0 Å². The van der Waals surface area contributed by atoms with Crippen LogP contribution in [0.1, 0.15) is 38.8 Å². The Morgan fingerprint density at radius 1 is 1.00 bits per heavy atom. The summed E-state index contributed by atoms with van der Waals surface area (Å²) in [5.41, 5.74) is 4.46. The molecular weight excluding hydrogens is 364 g/mol. The van der Waals surface area contributed by atoms with E-state index >= 15 is 0 Å². The molecule has 4 rings (SSSR count). The second-order valence-electron chi connectivity index (χ2n) is 7.10. The average Bonchev–Trinajstić information content (AvgIpc) is 2.83. The number of carbonyl (C=O) groups excluding carboxylic acids is 2. The molecule has 29 heavy (non-hydrogen) atoms. The van der Waals surface area contributed by atoms with Crippen LogP contribution in [0.15, 0.2) is 60.7 Å². The van der Waals surface area contributed by atoms with Crippen molar-refractivity contribution in [3.05, 3.63) is 82.9 Å². The Balaban J connectivity index is 1.70. The number of hydrogen-bond donors (Lipinski definition) is 1. The molecule has 0 atom stereocenters. The van der Waals surface area contributed by atoms with Gasteiger partial charge in [0.1, 0.15) is 5.75 Å². The standard InChI is InChI=1S/C24H22N2O3/c1-4-26-20-14-17(23(27)25-19-11-9-15(2)13-16(19)3)10-12-22(20)29-21-8-6-5-7-18(21)24(26)28/h5-14H,4H2,1-3H3,(H,25,27). The fourth-order valence-corrected chi connectivity index (χ4v) is 3.52. The first-order valence-electron chi connectivity index (χ1n) is 9.59. The van der Waals surface area contributed by atoms with E-state index in [0.29, 0.717) is 34.9 Å². The number of fused-ring (bicyclic) bond motifs is 2. The van der Waals surface area contributed by atoms with Crippen molar-refractivity contribution in [1.82, 2.24) is 0 Å². The third kappa shape index (κ3) is 3.47. The van der Waals surface area contributed by atoms with E-state index in [1.54, 1.807) is 35.2 Å². The Hall–Kier alpha value is -3.60. The SMILES string of the molecule is CCN1C(=O)c2ccccc2Oc2ccc(C(=O)Nc3ccc(C)cc3C)cc21. The molecule has 5 nitrogen and oxygen atoms in total. The van der Waals surface area contributed by atoms with Gasteiger partial charge in [-0.2, -0.15) is 0 Å². The number of anilines is 2. The highest BCUT2D eigenvalue weighted by Crippen LogP contribution is 2.39. The fourth-order valence-electron chi connectivity index (χ4n) is 3.52. The Morgan fingerprint density at radius 2 is 1.79 bits per heavy atom. The average molecular weight is 386 g/mol. The summed E-state index contributed by atoms with van der Waals surface area (Å²) >= 11 is 0. The van der Waals surface area contributed by atoms with Gasteiger partial charge in [0.05, 0.1) is 11.3 Å². The summed E-state index contributed by atoms with van der Waals surface area (Å²) in [5.74, 6) is 0.689. The van der Waals surface area contributed by atoms with Crippen LogP contribution in [0.3, 0.4) is 0 Å². The van der Waals surface area contributed by atoms with Gasteiger partial charge in [-0.3, -0.25) is 9.59 Å². The number of nitrogens with one attached hydrogen (secondary N) is 1. The van der Waals surface area contributed by atoms with Gasteiger partial charge >= 0.3 is 0 Å². The molecule has 1 aliphatic rings. The van der Waals surface area contributed by atoms with Crippen molar-refractivity contribution in [2.75, 3.05) is 16.8 Å². The molecule has 0 spiro atoms. The fraction of sp³-hybridized carbons (Fsp3) is 0.167. The lowest BCUT2D eigenvalue weighted by molar-refractivity contribution is 0.0985. The first-order chi connectivity index (χ1) is 14.0. The third-order valence-corrected chi connectivity index (χ3v) is 5.04. The summed E-state index contributed by atoms with van der Waals surface area (Å²) in [6, 6.07) is 18.2. The molecule has 0 aliphatic carbocycles. The topological polar surface area (TPSA) is 58.6 Å². The van der Waals surface area contributed by atoms with Gasteiger partial charge in [0.25, 0.3) is 11.8 Å². The van der Waals surface area contributed by atoms with E-state index in [4.69, 9.17) is 4.74 Å². The minimum atomic E-state index is -0.231. The van der Waals surface area contributed by atoms with Gasteiger partial charge in [-0.05, 0) is 62.7 Å². The van der Waals surface area contributed by atoms with E-state index < -0.39 is 0 Å². The Morgan fingerprint density at radius 3 is 2.55 bits per heavy atom. The van der Waals surface area contributed by atoms with Crippen LogP contribution in [0, 0.1) is 13.8 Å². The number of hydrogen-bond acceptors (Lipinski definition) is 3. The van der Waals surface area contributed by atoms with Crippen molar-refractivity contribution in [2.24, 2.45) is 0 Å². The monoisotopic (exact) mass is 386 g/mol. The van der Waals surface area contributed by atoms with Crippen LogP contribution in [0.2, 0.25) is 0 Å². The predicted octanol–water partition coefficient (Wildman–Crippen LogP) is 5.33. The lowest BCUT2D eigenvalue weighted by atomic mass is 10.1. The maximum atomic E-state index is 13.0. The Kier molecular flexibility index (Phi) is 4.80. The number of nitrogens with zero attached hydrogens (tertiary/aromatic N) is 1. The number of carbonyl (C=O) groups is 2. The highest BCUT2D eigenvalue weighted by Gasteiger charge is 2.27. The van der Waals surface area contributed by atoms with E-state index in [9.17, 15) is 9.59 Å². The number of amides is 2. The first-order valence-corrected chi connectivity index (χ1v) is 9.59. The van der Waals surface area contributed by atoms with E-state index in [-0.39, 0.29) is 11.8 Å². The van der Waals surface area contributed by atoms with Crippen molar-refractivity contribution < 1.29 is 14.3 Å². The normalized spacial score (nSPS) is 12.5. The minimum Gasteiger partial charge on any atom is -0.454 e. The molecule has 1 heterocycles. The smallest absolute Gasteiger partial charge is 0.262 e. The molecule has 0 aromatic heterocycles. The van der Waals surface area contributed by atoms with E-state index in [2.05, 4.69) is 5.32 Å². The zero-order chi connectivity index (χ0) is 20.5. The van der Waals surface area contributed by atoms with Gasteiger partial charge < -0.3 is 15.0 Å². The van der Waals surface area contributed by atoms with Crippen molar-refractivity contribution in [1.29, 1.82) is 0 Å². The maximum absolute atomic E-state index is 13.0. The highest BCUT2D eigenvalue weighted by molar-refractivity contribution is 6.11. The number of rotatable bonds is 3. The summed E-state index contributed by atoms with van der Waals surface area (Å²) in [5, 5.41) is 2.95. The number of benzene rings is 3. The van der Waals surface area contributed by atoms with E-state index in [1.165, 1.54) is 0 Å². The van der Waals surface area contributed by atoms with E-state index in [1.807, 2.05) is 51.1 Å². The predicted molar refractivity (Wildman–Crippen MR) is 114 cm³/mol. The number of ether oxygens (including phenoxy) is 1. The molecule has 1 N–H and O–H groups in total. The van der Waals surface area contributed by atoms with Crippen LogP contribution >= 0.6 is 0 Å². The quantitative estimate of drug-likeness (QED) is 0.662. The summed E-state index contributed by atoms with van der Waals surface area (Å²) in [7, 11) is 0. The van der Waals surface area contributed by atoms with Crippen molar-refractivity contribution in [3.63, 3.8) is 0 Å². The van der Waals surface area contributed by atoms with Crippen LogP contribution in [-0.2, 0) is 0 Å². The van der Waals surface area contributed by atoms with Gasteiger partial charge in [0, 0.05) is 17.8 Å². The van der Waals surface area contributed by atoms with E-state index in [0.717, 1.165) is 16.8 Å². The molecule has 5 heteroatoms. The maximum Gasteiger partial charge on any atom is 0.262 e. The molecule has 0 fully saturated rings. The van der Waals surface area contributed by atoms with Crippen molar-refractivity contribution >= 4 is 23.2 Å². The van der Waals surface area contributed by atoms with Crippen LogP contribution < -0.4 is 15.0 Å². The van der Waals surface area contributed by atoms with Crippen molar-refractivity contribution in [3.8, 4) is 11.5 Å². The van der Waals surface area contributed by atoms with Gasteiger partial charge in [0.2, 0.25) is 0 Å². The van der Waals surface area contributed by atoms with Crippen LogP contribution in [0.25, 0.3) is 0 Å². The molecular formula is C24H22N2O3. The lowest BCUT2D eigenvalue weighted by Gasteiger charge is -2.21. The minimum absolute atomic E-state index is 0.145. The zero-order valence-corrected chi connectivity index (χ0v) is 16.7. The molecule has 2 amide bonds. The second kappa shape index (κ2) is 7.43. The summed E-state index contributed by atoms with van der Waals surface area (Å²) in [4.78, 5) is 27.5.